The minimum Gasteiger partial charge on any atom is -0.342 e. The predicted molar refractivity (Wildman–Crippen MR) is 151 cm³/mol. The van der Waals surface area contributed by atoms with E-state index < -0.39 is 0 Å². The molecule has 4 nitrogen and oxygen atoms in total. The Morgan fingerprint density at radius 1 is 0.778 bits per heavy atom. The number of thioether (sulfide) groups is 1. The molecule has 5 aromatic rings. The topological polar surface area (TPSA) is 42.3 Å². The van der Waals surface area contributed by atoms with Crippen molar-refractivity contribution in [1.29, 1.82) is 0 Å². The van der Waals surface area contributed by atoms with Crippen LogP contribution < -0.4 is 0 Å². The summed E-state index contributed by atoms with van der Waals surface area (Å²) in [5.41, 5.74) is 4.12. The van der Waals surface area contributed by atoms with Gasteiger partial charge in [-0.05, 0) is 64.0 Å². The minimum atomic E-state index is -0.253. The molecule has 0 saturated carbocycles. The molecule has 0 radical (unpaired) electrons. The standard InChI is InChI=1S/C30H21BrN2O2S/c31-25-9-5-6-20(15-25)18-33-29(34)28(36-30(33)35)16-24-19-32(27-11-4-3-10-26(24)27)17-21-12-13-22-7-1-2-8-23(22)14-21/h1-16,19H,17-18H2/b28-16-. The second-order valence-corrected chi connectivity index (χ2v) is 10.7. The van der Waals surface area contributed by atoms with Crippen molar-refractivity contribution in [2.24, 2.45) is 0 Å². The zero-order valence-corrected chi connectivity index (χ0v) is 21.6. The molecule has 1 aliphatic heterocycles. The molecule has 176 valence electrons. The van der Waals surface area contributed by atoms with Crippen LogP contribution in [0.3, 0.4) is 0 Å². The predicted octanol–water partition coefficient (Wildman–Crippen LogP) is 7.84. The van der Waals surface area contributed by atoms with Crippen LogP contribution in [0, 0.1) is 0 Å². The van der Waals surface area contributed by atoms with Crippen LogP contribution in [0.5, 0.6) is 0 Å². The first-order chi connectivity index (χ1) is 17.5. The van der Waals surface area contributed by atoms with Gasteiger partial charge in [0, 0.05) is 33.7 Å². The second kappa shape index (κ2) is 9.45. The Balaban J connectivity index is 1.32. The zero-order chi connectivity index (χ0) is 24.6. The Kier molecular flexibility index (Phi) is 5.99. The molecule has 1 aromatic heterocycles. The summed E-state index contributed by atoms with van der Waals surface area (Å²) in [5, 5.41) is 3.24. The van der Waals surface area contributed by atoms with Crippen molar-refractivity contribution < 1.29 is 9.59 Å². The van der Waals surface area contributed by atoms with E-state index in [0.29, 0.717) is 11.4 Å². The highest BCUT2D eigenvalue weighted by molar-refractivity contribution is 9.10. The van der Waals surface area contributed by atoms with Gasteiger partial charge in [-0.3, -0.25) is 14.5 Å². The van der Waals surface area contributed by atoms with Crippen LogP contribution in [0.1, 0.15) is 16.7 Å². The van der Waals surface area contributed by atoms with Gasteiger partial charge < -0.3 is 4.57 Å². The van der Waals surface area contributed by atoms with Crippen LogP contribution >= 0.6 is 27.7 Å². The van der Waals surface area contributed by atoms with Gasteiger partial charge in [-0.25, -0.2) is 0 Å². The maximum Gasteiger partial charge on any atom is 0.293 e. The number of nitrogens with zero attached hydrogens (tertiary/aromatic N) is 2. The van der Waals surface area contributed by atoms with Crippen molar-refractivity contribution in [3.8, 4) is 0 Å². The molecule has 1 saturated heterocycles. The zero-order valence-electron chi connectivity index (χ0n) is 19.2. The van der Waals surface area contributed by atoms with Gasteiger partial charge in [0.1, 0.15) is 0 Å². The summed E-state index contributed by atoms with van der Waals surface area (Å²) in [4.78, 5) is 27.6. The SMILES string of the molecule is O=C1S/C(=C\c2cn(Cc3ccc4ccccc4c3)c3ccccc23)C(=O)N1Cc1cccc(Br)c1. The molecule has 6 rings (SSSR count). The van der Waals surface area contributed by atoms with E-state index in [9.17, 15) is 9.59 Å². The molecule has 0 aliphatic carbocycles. The number of carbonyl (C=O) groups excluding carboxylic acids is 2. The Labute approximate surface area is 221 Å². The maximum absolute atomic E-state index is 13.2. The highest BCUT2D eigenvalue weighted by atomic mass is 79.9. The Morgan fingerprint density at radius 3 is 2.42 bits per heavy atom. The monoisotopic (exact) mass is 552 g/mol. The van der Waals surface area contributed by atoms with Crippen molar-refractivity contribution in [3.05, 3.63) is 123 Å². The fourth-order valence-electron chi connectivity index (χ4n) is 4.65. The van der Waals surface area contributed by atoms with Gasteiger partial charge >= 0.3 is 0 Å². The van der Waals surface area contributed by atoms with E-state index in [2.05, 4.69) is 75.2 Å². The van der Waals surface area contributed by atoms with E-state index in [-0.39, 0.29) is 17.7 Å². The molecule has 0 spiro atoms. The summed E-state index contributed by atoms with van der Waals surface area (Å²) in [5.74, 6) is -0.253. The largest absolute Gasteiger partial charge is 0.342 e. The first kappa shape index (κ1) is 22.8. The average Bonchev–Trinajstić information content (AvgIpc) is 3.36. The normalized spacial score (nSPS) is 15.0. The number of hydrogen-bond donors (Lipinski definition) is 0. The highest BCUT2D eigenvalue weighted by Crippen LogP contribution is 2.35. The summed E-state index contributed by atoms with van der Waals surface area (Å²) in [6.07, 6.45) is 3.92. The van der Waals surface area contributed by atoms with E-state index in [1.807, 2.05) is 48.5 Å². The molecule has 0 atom stereocenters. The van der Waals surface area contributed by atoms with Gasteiger partial charge in [0.05, 0.1) is 11.4 Å². The van der Waals surface area contributed by atoms with E-state index in [1.54, 1.807) is 0 Å². The minimum absolute atomic E-state index is 0.244. The number of hydrogen-bond acceptors (Lipinski definition) is 3. The fraction of sp³-hybridized carbons (Fsp3) is 0.0667. The summed E-state index contributed by atoms with van der Waals surface area (Å²) < 4.78 is 3.12. The third-order valence-corrected chi connectivity index (χ3v) is 7.78. The molecule has 1 aliphatic rings. The fourth-order valence-corrected chi connectivity index (χ4v) is 5.93. The lowest BCUT2D eigenvalue weighted by molar-refractivity contribution is -0.123. The molecule has 4 aromatic carbocycles. The molecule has 2 heterocycles. The van der Waals surface area contributed by atoms with Gasteiger partial charge in [0.15, 0.2) is 0 Å². The average molecular weight is 553 g/mol. The van der Waals surface area contributed by atoms with Crippen molar-refractivity contribution in [3.63, 3.8) is 0 Å². The van der Waals surface area contributed by atoms with Crippen LogP contribution in [0.4, 0.5) is 4.79 Å². The lowest BCUT2D eigenvalue weighted by Crippen LogP contribution is -2.27. The van der Waals surface area contributed by atoms with Crippen LogP contribution in [0.25, 0.3) is 27.8 Å². The lowest BCUT2D eigenvalue weighted by Gasteiger charge is -2.12. The van der Waals surface area contributed by atoms with Gasteiger partial charge in [-0.1, -0.05) is 82.7 Å². The number of imide groups is 1. The number of fused-ring (bicyclic) bond motifs is 2. The number of rotatable bonds is 5. The molecule has 6 heteroatoms. The number of halogens is 1. The molecule has 0 N–H and O–H groups in total. The highest BCUT2D eigenvalue weighted by Gasteiger charge is 2.35. The number of benzene rings is 4. The van der Waals surface area contributed by atoms with Crippen molar-refractivity contribution in [2.45, 2.75) is 13.1 Å². The van der Waals surface area contributed by atoms with Crippen LogP contribution in [0.2, 0.25) is 0 Å². The van der Waals surface area contributed by atoms with Crippen molar-refractivity contribution in [1.82, 2.24) is 9.47 Å². The molecule has 0 bridgehead atoms. The summed E-state index contributed by atoms with van der Waals surface area (Å²) in [6.45, 7) is 0.967. The smallest absolute Gasteiger partial charge is 0.293 e. The first-order valence-corrected chi connectivity index (χ1v) is 13.2. The lowest BCUT2D eigenvalue weighted by atomic mass is 10.1. The van der Waals surface area contributed by atoms with Gasteiger partial charge in [-0.15, -0.1) is 0 Å². The summed E-state index contributed by atoms with van der Waals surface area (Å²) >= 11 is 4.45. The molecule has 36 heavy (non-hydrogen) atoms. The molecular weight excluding hydrogens is 532 g/mol. The molecule has 2 amide bonds. The molecule has 1 fully saturated rings. The van der Waals surface area contributed by atoms with E-state index in [1.165, 1.54) is 21.2 Å². The maximum atomic E-state index is 13.2. The Hall–Kier alpha value is -3.61. The molecular formula is C30H21BrN2O2S. The Bertz CT molecular complexity index is 1690. The van der Waals surface area contributed by atoms with Gasteiger partial charge in [0.2, 0.25) is 0 Å². The Morgan fingerprint density at radius 2 is 1.56 bits per heavy atom. The quantitative estimate of drug-likeness (QED) is 0.208. The van der Waals surface area contributed by atoms with E-state index in [0.717, 1.165) is 38.3 Å². The van der Waals surface area contributed by atoms with Crippen LogP contribution in [-0.2, 0) is 17.9 Å². The van der Waals surface area contributed by atoms with Gasteiger partial charge in [-0.2, -0.15) is 0 Å². The first-order valence-electron chi connectivity index (χ1n) is 11.6. The molecule has 0 unspecified atom stereocenters. The number of para-hydroxylation sites is 1. The van der Waals surface area contributed by atoms with E-state index >= 15 is 0 Å². The van der Waals surface area contributed by atoms with Crippen LogP contribution in [0.15, 0.2) is 107 Å². The van der Waals surface area contributed by atoms with Crippen molar-refractivity contribution in [2.75, 3.05) is 0 Å². The van der Waals surface area contributed by atoms with Crippen LogP contribution in [-0.4, -0.2) is 20.6 Å². The summed E-state index contributed by atoms with van der Waals surface area (Å²) in [7, 11) is 0. The van der Waals surface area contributed by atoms with Crippen molar-refractivity contribution >= 4 is 66.6 Å². The number of aromatic nitrogens is 1. The van der Waals surface area contributed by atoms with Gasteiger partial charge in [0.25, 0.3) is 11.1 Å². The number of carbonyl (C=O) groups is 2. The number of amides is 2. The second-order valence-electron chi connectivity index (χ2n) is 8.81. The third-order valence-electron chi connectivity index (χ3n) is 6.38. The third kappa shape index (κ3) is 4.38. The van der Waals surface area contributed by atoms with E-state index in [4.69, 9.17) is 0 Å². The summed E-state index contributed by atoms with van der Waals surface area (Å²) in [6, 6.07) is 30.7.